The van der Waals surface area contributed by atoms with Crippen LogP contribution in [0.3, 0.4) is 0 Å². The summed E-state index contributed by atoms with van der Waals surface area (Å²) in [6.07, 6.45) is 6.73. The average Bonchev–Trinajstić information content (AvgIpc) is 2.54. The number of amides is 1. The van der Waals surface area contributed by atoms with Crippen molar-refractivity contribution in [1.82, 2.24) is 4.90 Å². The summed E-state index contributed by atoms with van der Waals surface area (Å²) in [5, 5.41) is 0. The lowest BCUT2D eigenvalue weighted by Gasteiger charge is -2.27. The van der Waals surface area contributed by atoms with Crippen molar-refractivity contribution in [2.75, 3.05) is 19.7 Å². The van der Waals surface area contributed by atoms with Crippen molar-refractivity contribution in [3.05, 3.63) is 29.3 Å². The number of ether oxygens (including phenoxy) is 1. The Hall–Kier alpha value is -1.55. The van der Waals surface area contributed by atoms with E-state index in [1.54, 1.807) is 0 Å². The number of nitrogens with two attached hydrogens (primary N) is 1. The number of likely N-dealkylation sites (tertiary alicyclic amines) is 1. The summed E-state index contributed by atoms with van der Waals surface area (Å²) < 4.78 is 5.69. The Bertz CT molecular complexity index is 510. The predicted octanol–water partition coefficient (Wildman–Crippen LogP) is 2.41. The van der Waals surface area contributed by atoms with Gasteiger partial charge < -0.3 is 15.4 Å². The summed E-state index contributed by atoms with van der Waals surface area (Å²) in [6, 6.07) is 6.17. The smallest absolute Gasteiger partial charge is 0.260 e. The molecule has 0 bridgehead atoms. The fourth-order valence-corrected chi connectivity index (χ4v) is 3.28. The SMILES string of the molecule is N[C@@H]1CCCc2ccc(OCC(=O)N3CCCCC3)cc21. The number of nitrogens with zero attached hydrogens (tertiary/aromatic N) is 1. The Balaban J connectivity index is 1.60. The Morgan fingerprint density at radius 2 is 2.05 bits per heavy atom. The van der Waals surface area contributed by atoms with E-state index in [-0.39, 0.29) is 18.6 Å². The molecule has 1 amide bonds. The Kier molecular flexibility index (Phi) is 4.44. The molecule has 0 radical (unpaired) electrons. The molecule has 4 heteroatoms. The van der Waals surface area contributed by atoms with Crippen LogP contribution in [0.4, 0.5) is 0 Å². The fraction of sp³-hybridized carbons (Fsp3) is 0.588. The quantitative estimate of drug-likeness (QED) is 0.929. The maximum absolute atomic E-state index is 12.1. The summed E-state index contributed by atoms with van der Waals surface area (Å²) in [7, 11) is 0. The Morgan fingerprint density at radius 3 is 2.86 bits per heavy atom. The standard InChI is InChI=1S/C17H24N2O2/c18-16-6-4-5-13-7-8-14(11-15(13)16)21-12-17(20)19-9-2-1-3-10-19/h7-8,11,16H,1-6,9-10,12,18H2/t16-/m1/s1. The van der Waals surface area contributed by atoms with Gasteiger partial charge in [-0.1, -0.05) is 6.07 Å². The lowest BCUT2D eigenvalue weighted by atomic mass is 9.88. The number of hydrogen-bond acceptors (Lipinski definition) is 3. The first-order valence-electron chi connectivity index (χ1n) is 8.03. The minimum atomic E-state index is 0.0942. The van der Waals surface area contributed by atoms with E-state index in [2.05, 4.69) is 6.07 Å². The van der Waals surface area contributed by atoms with Crippen LogP contribution in [0, 0.1) is 0 Å². The normalized spacial score (nSPS) is 21.8. The molecule has 1 aromatic carbocycles. The second-order valence-corrected chi connectivity index (χ2v) is 6.09. The molecular weight excluding hydrogens is 264 g/mol. The zero-order chi connectivity index (χ0) is 14.7. The van der Waals surface area contributed by atoms with E-state index >= 15 is 0 Å². The molecular formula is C17H24N2O2. The van der Waals surface area contributed by atoms with E-state index in [1.165, 1.54) is 17.5 Å². The lowest BCUT2D eigenvalue weighted by molar-refractivity contribution is -0.134. The molecule has 1 saturated heterocycles. The zero-order valence-electron chi connectivity index (χ0n) is 12.5. The maximum atomic E-state index is 12.1. The number of carbonyl (C=O) groups is 1. The molecule has 0 spiro atoms. The molecule has 1 atom stereocenters. The van der Waals surface area contributed by atoms with Gasteiger partial charge in [0.05, 0.1) is 0 Å². The van der Waals surface area contributed by atoms with Gasteiger partial charge in [0, 0.05) is 19.1 Å². The van der Waals surface area contributed by atoms with E-state index in [1.807, 2.05) is 17.0 Å². The Labute approximate surface area is 126 Å². The molecule has 0 unspecified atom stereocenters. The van der Waals surface area contributed by atoms with Crippen LogP contribution < -0.4 is 10.5 Å². The van der Waals surface area contributed by atoms with Crippen LogP contribution in [0.1, 0.15) is 49.3 Å². The molecule has 21 heavy (non-hydrogen) atoms. The molecule has 4 nitrogen and oxygen atoms in total. The van der Waals surface area contributed by atoms with Gasteiger partial charge in [0.25, 0.3) is 5.91 Å². The minimum Gasteiger partial charge on any atom is -0.484 e. The summed E-state index contributed by atoms with van der Waals surface area (Å²) in [4.78, 5) is 14.0. The van der Waals surface area contributed by atoms with Crippen LogP contribution >= 0.6 is 0 Å². The van der Waals surface area contributed by atoms with E-state index in [0.717, 1.165) is 50.9 Å². The second-order valence-electron chi connectivity index (χ2n) is 6.09. The first-order chi connectivity index (χ1) is 10.2. The van der Waals surface area contributed by atoms with Gasteiger partial charge >= 0.3 is 0 Å². The van der Waals surface area contributed by atoms with Crippen molar-refractivity contribution < 1.29 is 9.53 Å². The highest BCUT2D eigenvalue weighted by atomic mass is 16.5. The molecule has 1 fully saturated rings. The van der Waals surface area contributed by atoms with Crippen molar-refractivity contribution in [1.29, 1.82) is 0 Å². The summed E-state index contributed by atoms with van der Waals surface area (Å²) in [5.74, 6) is 0.855. The van der Waals surface area contributed by atoms with E-state index in [4.69, 9.17) is 10.5 Å². The molecule has 0 saturated carbocycles. The highest BCUT2D eigenvalue weighted by molar-refractivity contribution is 5.77. The van der Waals surface area contributed by atoms with Gasteiger partial charge in [-0.2, -0.15) is 0 Å². The van der Waals surface area contributed by atoms with Gasteiger partial charge in [-0.15, -0.1) is 0 Å². The van der Waals surface area contributed by atoms with Gasteiger partial charge in [-0.05, 0) is 61.8 Å². The van der Waals surface area contributed by atoms with Gasteiger partial charge in [-0.3, -0.25) is 4.79 Å². The summed E-state index contributed by atoms with van der Waals surface area (Å²) >= 11 is 0. The van der Waals surface area contributed by atoms with Gasteiger partial charge in [0.1, 0.15) is 5.75 Å². The molecule has 1 aliphatic heterocycles. The third kappa shape index (κ3) is 3.38. The molecule has 1 aromatic rings. The van der Waals surface area contributed by atoms with E-state index in [0.29, 0.717) is 0 Å². The number of rotatable bonds is 3. The molecule has 1 heterocycles. The number of fused-ring (bicyclic) bond motifs is 1. The van der Waals surface area contributed by atoms with Crippen LogP contribution in [-0.4, -0.2) is 30.5 Å². The summed E-state index contributed by atoms with van der Waals surface area (Å²) in [5.41, 5.74) is 8.66. The number of aryl methyl sites for hydroxylation is 1. The maximum Gasteiger partial charge on any atom is 0.260 e. The average molecular weight is 288 g/mol. The molecule has 2 aliphatic rings. The summed E-state index contributed by atoms with van der Waals surface area (Å²) in [6.45, 7) is 1.88. The van der Waals surface area contributed by atoms with Crippen molar-refractivity contribution in [3.63, 3.8) is 0 Å². The molecule has 114 valence electrons. The third-order valence-electron chi connectivity index (χ3n) is 4.55. The van der Waals surface area contributed by atoms with E-state index in [9.17, 15) is 4.79 Å². The predicted molar refractivity (Wildman–Crippen MR) is 82.2 cm³/mol. The number of benzene rings is 1. The van der Waals surface area contributed by atoms with Gasteiger partial charge in [-0.25, -0.2) is 0 Å². The monoisotopic (exact) mass is 288 g/mol. The fourth-order valence-electron chi connectivity index (χ4n) is 3.28. The largest absolute Gasteiger partial charge is 0.484 e. The second kappa shape index (κ2) is 6.48. The Morgan fingerprint density at radius 1 is 1.24 bits per heavy atom. The van der Waals surface area contributed by atoms with E-state index < -0.39 is 0 Å². The van der Waals surface area contributed by atoms with Crippen LogP contribution in [-0.2, 0) is 11.2 Å². The number of carbonyl (C=O) groups excluding carboxylic acids is 1. The van der Waals surface area contributed by atoms with Crippen molar-refractivity contribution in [3.8, 4) is 5.75 Å². The van der Waals surface area contributed by atoms with Crippen molar-refractivity contribution in [2.45, 2.75) is 44.6 Å². The number of hydrogen-bond donors (Lipinski definition) is 1. The highest BCUT2D eigenvalue weighted by Crippen LogP contribution is 2.30. The van der Waals surface area contributed by atoms with Crippen LogP contribution in [0.5, 0.6) is 5.75 Å². The topological polar surface area (TPSA) is 55.6 Å². The number of piperidine rings is 1. The lowest BCUT2D eigenvalue weighted by Crippen LogP contribution is -2.38. The first kappa shape index (κ1) is 14.4. The molecule has 2 N–H and O–H groups in total. The molecule has 1 aliphatic carbocycles. The van der Waals surface area contributed by atoms with Crippen LogP contribution in [0.25, 0.3) is 0 Å². The van der Waals surface area contributed by atoms with Crippen LogP contribution in [0.2, 0.25) is 0 Å². The highest BCUT2D eigenvalue weighted by Gasteiger charge is 2.19. The van der Waals surface area contributed by atoms with Crippen molar-refractivity contribution in [2.24, 2.45) is 5.73 Å². The molecule has 3 rings (SSSR count). The zero-order valence-corrected chi connectivity index (χ0v) is 12.5. The third-order valence-corrected chi connectivity index (χ3v) is 4.55. The van der Waals surface area contributed by atoms with Gasteiger partial charge in [0.15, 0.2) is 6.61 Å². The van der Waals surface area contributed by atoms with Crippen LogP contribution in [0.15, 0.2) is 18.2 Å². The van der Waals surface area contributed by atoms with Crippen molar-refractivity contribution >= 4 is 5.91 Å². The van der Waals surface area contributed by atoms with Gasteiger partial charge in [0.2, 0.25) is 0 Å². The first-order valence-corrected chi connectivity index (χ1v) is 8.03. The molecule has 0 aromatic heterocycles. The minimum absolute atomic E-state index is 0.0942.